The molecule has 0 atom stereocenters. The second kappa shape index (κ2) is 6.90. The van der Waals surface area contributed by atoms with Crippen LogP contribution < -0.4 is 15.6 Å². The fraction of sp³-hybridized carbons (Fsp3) is 0.235. The summed E-state index contributed by atoms with van der Waals surface area (Å²) in [6.07, 6.45) is 1.89. The third-order valence-electron chi connectivity index (χ3n) is 3.57. The van der Waals surface area contributed by atoms with E-state index < -0.39 is 0 Å². The lowest BCUT2D eigenvalue weighted by atomic mass is 10.1. The largest absolute Gasteiger partial charge is 0.368 e. The Hall–Kier alpha value is -2.33. The zero-order valence-corrected chi connectivity index (χ0v) is 12.0. The maximum Gasteiger partial charge on any atom is 0.0565 e. The SMILES string of the molecule is C(=NNc1ccccc1)c1ccccc1N1CCNCC1. The lowest BCUT2D eigenvalue weighted by Crippen LogP contribution is -2.43. The summed E-state index contributed by atoms with van der Waals surface area (Å²) in [4.78, 5) is 2.40. The molecule has 0 spiro atoms. The number of hydrazone groups is 1. The lowest BCUT2D eigenvalue weighted by molar-refractivity contribution is 0.589. The van der Waals surface area contributed by atoms with Crippen molar-refractivity contribution in [2.75, 3.05) is 36.5 Å². The van der Waals surface area contributed by atoms with Crippen LogP contribution in [-0.2, 0) is 0 Å². The van der Waals surface area contributed by atoms with Crippen molar-refractivity contribution in [3.05, 3.63) is 60.2 Å². The van der Waals surface area contributed by atoms with Crippen LogP contribution in [0, 0.1) is 0 Å². The summed E-state index contributed by atoms with van der Waals surface area (Å²) in [5.41, 5.74) is 6.45. The number of rotatable bonds is 4. The third-order valence-corrected chi connectivity index (χ3v) is 3.57. The van der Waals surface area contributed by atoms with Gasteiger partial charge in [0.1, 0.15) is 0 Å². The molecule has 0 aliphatic carbocycles. The van der Waals surface area contributed by atoms with Gasteiger partial charge in [0.15, 0.2) is 0 Å². The topological polar surface area (TPSA) is 39.7 Å². The summed E-state index contributed by atoms with van der Waals surface area (Å²) in [6.45, 7) is 4.15. The highest BCUT2D eigenvalue weighted by molar-refractivity contribution is 5.88. The Balaban J connectivity index is 1.72. The molecule has 1 saturated heterocycles. The van der Waals surface area contributed by atoms with Crippen LogP contribution in [-0.4, -0.2) is 32.4 Å². The molecule has 2 N–H and O–H groups in total. The average Bonchev–Trinajstić information content (AvgIpc) is 2.57. The van der Waals surface area contributed by atoms with Crippen molar-refractivity contribution >= 4 is 17.6 Å². The molecule has 0 radical (unpaired) electrons. The van der Waals surface area contributed by atoms with Gasteiger partial charge in [-0.15, -0.1) is 0 Å². The highest BCUT2D eigenvalue weighted by atomic mass is 15.3. The van der Waals surface area contributed by atoms with Gasteiger partial charge < -0.3 is 10.2 Å². The Morgan fingerprint density at radius 2 is 1.67 bits per heavy atom. The number of benzene rings is 2. The minimum absolute atomic E-state index is 0.994. The van der Waals surface area contributed by atoms with Crippen molar-refractivity contribution in [1.82, 2.24) is 5.32 Å². The summed E-state index contributed by atoms with van der Waals surface area (Å²) >= 11 is 0. The number of para-hydroxylation sites is 2. The van der Waals surface area contributed by atoms with E-state index in [4.69, 9.17) is 0 Å². The zero-order chi connectivity index (χ0) is 14.3. The Kier molecular flexibility index (Phi) is 4.49. The van der Waals surface area contributed by atoms with Crippen LogP contribution in [0.2, 0.25) is 0 Å². The molecule has 1 aliphatic rings. The van der Waals surface area contributed by atoms with E-state index >= 15 is 0 Å². The summed E-state index contributed by atoms with van der Waals surface area (Å²) in [5.74, 6) is 0. The van der Waals surface area contributed by atoms with Crippen LogP contribution in [0.25, 0.3) is 0 Å². The minimum Gasteiger partial charge on any atom is -0.368 e. The molecule has 4 nitrogen and oxygen atoms in total. The van der Waals surface area contributed by atoms with E-state index in [1.54, 1.807) is 0 Å². The molecular weight excluding hydrogens is 260 g/mol. The van der Waals surface area contributed by atoms with Crippen molar-refractivity contribution in [3.8, 4) is 0 Å². The van der Waals surface area contributed by atoms with Crippen molar-refractivity contribution in [2.45, 2.75) is 0 Å². The van der Waals surface area contributed by atoms with Crippen LogP contribution in [0.5, 0.6) is 0 Å². The van der Waals surface area contributed by atoms with Gasteiger partial charge in [0.2, 0.25) is 0 Å². The standard InChI is InChI=1S/C17H20N4/c1-2-7-16(8-3-1)20-19-14-15-6-4-5-9-17(15)21-12-10-18-11-13-21/h1-9,14,18,20H,10-13H2. The predicted molar refractivity (Wildman–Crippen MR) is 89.2 cm³/mol. The van der Waals surface area contributed by atoms with Gasteiger partial charge in [-0.1, -0.05) is 36.4 Å². The van der Waals surface area contributed by atoms with Crippen LogP contribution >= 0.6 is 0 Å². The van der Waals surface area contributed by atoms with E-state index in [9.17, 15) is 0 Å². The molecule has 0 unspecified atom stereocenters. The van der Waals surface area contributed by atoms with Gasteiger partial charge >= 0.3 is 0 Å². The molecule has 0 aromatic heterocycles. The third kappa shape index (κ3) is 3.61. The number of nitrogens with zero attached hydrogens (tertiary/aromatic N) is 2. The molecule has 1 heterocycles. The van der Waals surface area contributed by atoms with Crippen LogP contribution in [0.15, 0.2) is 59.7 Å². The highest BCUT2D eigenvalue weighted by Gasteiger charge is 2.12. The first-order valence-corrected chi connectivity index (χ1v) is 7.32. The Labute approximate surface area is 125 Å². The number of piperazine rings is 1. The van der Waals surface area contributed by atoms with E-state index in [1.165, 1.54) is 5.69 Å². The van der Waals surface area contributed by atoms with E-state index in [2.05, 4.69) is 45.0 Å². The van der Waals surface area contributed by atoms with Gasteiger partial charge in [-0.2, -0.15) is 5.10 Å². The second-order valence-corrected chi connectivity index (χ2v) is 5.03. The molecule has 108 valence electrons. The number of hydrogen-bond donors (Lipinski definition) is 2. The van der Waals surface area contributed by atoms with Gasteiger partial charge in [-0.3, -0.25) is 5.43 Å². The average molecular weight is 280 g/mol. The fourth-order valence-corrected chi connectivity index (χ4v) is 2.48. The summed E-state index contributed by atoms with van der Waals surface area (Å²) in [6, 6.07) is 18.4. The highest BCUT2D eigenvalue weighted by Crippen LogP contribution is 2.19. The number of hydrogen-bond acceptors (Lipinski definition) is 4. The van der Waals surface area contributed by atoms with Gasteiger partial charge in [-0.25, -0.2) is 0 Å². The van der Waals surface area contributed by atoms with E-state index in [0.29, 0.717) is 0 Å². The molecule has 1 aliphatic heterocycles. The van der Waals surface area contributed by atoms with Crippen molar-refractivity contribution in [1.29, 1.82) is 0 Å². The molecule has 2 aromatic rings. The molecule has 0 amide bonds. The molecule has 4 heteroatoms. The Morgan fingerprint density at radius 1 is 0.952 bits per heavy atom. The maximum absolute atomic E-state index is 4.35. The van der Waals surface area contributed by atoms with Gasteiger partial charge in [0.25, 0.3) is 0 Å². The number of nitrogens with one attached hydrogen (secondary N) is 2. The van der Waals surface area contributed by atoms with Gasteiger partial charge in [0.05, 0.1) is 11.9 Å². The quantitative estimate of drug-likeness (QED) is 0.668. The number of anilines is 2. The van der Waals surface area contributed by atoms with Crippen LogP contribution in [0.1, 0.15) is 5.56 Å². The molecular formula is C17H20N4. The molecule has 21 heavy (non-hydrogen) atoms. The Morgan fingerprint density at radius 3 is 2.48 bits per heavy atom. The summed E-state index contributed by atoms with van der Waals surface area (Å²) in [7, 11) is 0. The molecule has 3 rings (SSSR count). The summed E-state index contributed by atoms with van der Waals surface area (Å²) < 4.78 is 0. The van der Waals surface area contributed by atoms with E-state index in [0.717, 1.165) is 37.4 Å². The lowest BCUT2D eigenvalue weighted by Gasteiger charge is -2.30. The molecule has 2 aromatic carbocycles. The monoisotopic (exact) mass is 280 g/mol. The predicted octanol–water partition coefficient (Wildman–Crippen LogP) is 2.54. The minimum atomic E-state index is 0.994. The van der Waals surface area contributed by atoms with Crippen molar-refractivity contribution < 1.29 is 0 Å². The first-order chi connectivity index (χ1) is 10.4. The Bertz CT molecular complexity index is 589. The normalized spacial score (nSPS) is 15.3. The zero-order valence-electron chi connectivity index (χ0n) is 12.0. The van der Waals surface area contributed by atoms with E-state index in [1.807, 2.05) is 36.5 Å². The first kappa shape index (κ1) is 13.6. The molecule has 1 fully saturated rings. The molecule has 0 saturated carbocycles. The van der Waals surface area contributed by atoms with Crippen molar-refractivity contribution in [2.24, 2.45) is 5.10 Å². The fourth-order valence-electron chi connectivity index (χ4n) is 2.48. The van der Waals surface area contributed by atoms with Gasteiger partial charge in [-0.05, 0) is 18.2 Å². The van der Waals surface area contributed by atoms with Crippen LogP contribution in [0.3, 0.4) is 0 Å². The summed E-state index contributed by atoms with van der Waals surface area (Å²) in [5, 5.41) is 7.73. The smallest absolute Gasteiger partial charge is 0.0565 e. The molecule has 0 bridgehead atoms. The van der Waals surface area contributed by atoms with Gasteiger partial charge in [0, 0.05) is 37.4 Å². The maximum atomic E-state index is 4.35. The second-order valence-electron chi connectivity index (χ2n) is 5.03. The van der Waals surface area contributed by atoms with Crippen molar-refractivity contribution in [3.63, 3.8) is 0 Å². The van der Waals surface area contributed by atoms with E-state index in [-0.39, 0.29) is 0 Å². The first-order valence-electron chi connectivity index (χ1n) is 7.32. The van der Waals surface area contributed by atoms with Crippen LogP contribution in [0.4, 0.5) is 11.4 Å².